The van der Waals surface area contributed by atoms with Crippen molar-refractivity contribution in [3.63, 3.8) is 0 Å². The zero-order valence-electron chi connectivity index (χ0n) is 10.4. The fourth-order valence-electron chi connectivity index (χ4n) is 1.98. The van der Waals surface area contributed by atoms with E-state index >= 15 is 0 Å². The summed E-state index contributed by atoms with van der Waals surface area (Å²) in [7, 11) is 1.77. The second-order valence-corrected chi connectivity index (χ2v) is 4.67. The first-order valence-electron chi connectivity index (χ1n) is 6.07. The minimum atomic E-state index is 0.0349. The molecule has 0 aromatic carbocycles. The first kappa shape index (κ1) is 12.0. The number of likely N-dealkylation sites (N-methyl/N-ethyl adjacent to an activating group) is 1. The number of hydrogen-bond acceptors (Lipinski definition) is 3. The van der Waals surface area contributed by atoms with Gasteiger partial charge < -0.3 is 10.6 Å². The molecule has 0 aliphatic heterocycles. The molecule has 2 rings (SSSR count). The molecule has 17 heavy (non-hydrogen) atoms. The molecule has 0 saturated heterocycles. The van der Waals surface area contributed by atoms with E-state index in [4.69, 9.17) is 0 Å². The van der Waals surface area contributed by atoms with Gasteiger partial charge in [-0.1, -0.05) is 0 Å². The Hall–Kier alpha value is -1.42. The van der Waals surface area contributed by atoms with Crippen LogP contribution in [0.3, 0.4) is 0 Å². The van der Waals surface area contributed by atoms with Crippen molar-refractivity contribution in [1.29, 1.82) is 0 Å². The lowest BCUT2D eigenvalue weighted by molar-refractivity contribution is -0.121. The summed E-state index contributed by atoms with van der Waals surface area (Å²) in [4.78, 5) is 16.0. The quantitative estimate of drug-likeness (QED) is 0.803. The number of aryl methyl sites for hydroxylation is 1. The van der Waals surface area contributed by atoms with Crippen molar-refractivity contribution in [3.05, 3.63) is 29.6 Å². The molecule has 1 amide bonds. The highest BCUT2D eigenvalue weighted by Crippen LogP contribution is 2.40. The van der Waals surface area contributed by atoms with Crippen molar-refractivity contribution in [3.8, 4) is 0 Å². The highest BCUT2D eigenvalue weighted by molar-refractivity contribution is 5.78. The Balaban J connectivity index is 2.09. The smallest absolute Gasteiger partial charge is 0.234 e. The van der Waals surface area contributed by atoms with E-state index < -0.39 is 0 Å². The van der Waals surface area contributed by atoms with Crippen LogP contribution in [0.25, 0.3) is 0 Å². The van der Waals surface area contributed by atoms with Gasteiger partial charge in [-0.3, -0.25) is 9.78 Å². The van der Waals surface area contributed by atoms with Crippen LogP contribution in [0, 0.1) is 12.8 Å². The maximum atomic E-state index is 11.6. The normalized spacial score (nSPS) is 16.6. The van der Waals surface area contributed by atoms with E-state index in [0.717, 1.165) is 5.69 Å². The number of carbonyl (C=O) groups is 1. The van der Waals surface area contributed by atoms with Crippen molar-refractivity contribution < 1.29 is 4.79 Å². The van der Waals surface area contributed by atoms with Gasteiger partial charge in [-0.05, 0) is 50.4 Å². The van der Waals surface area contributed by atoms with Crippen molar-refractivity contribution >= 4 is 5.91 Å². The van der Waals surface area contributed by atoms with Crippen LogP contribution >= 0.6 is 0 Å². The summed E-state index contributed by atoms with van der Waals surface area (Å²) in [6, 6.07) is 4.11. The fourth-order valence-corrected chi connectivity index (χ4v) is 1.98. The molecule has 4 nitrogen and oxygen atoms in total. The maximum Gasteiger partial charge on any atom is 0.234 e. The Morgan fingerprint density at radius 2 is 2.35 bits per heavy atom. The summed E-state index contributed by atoms with van der Waals surface area (Å²) in [5, 5.41) is 5.92. The molecule has 1 atom stereocenters. The summed E-state index contributed by atoms with van der Waals surface area (Å²) in [6.07, 6.45) is 4.17. The summed E-state index contributed by atoms with van der Waals surface area (Å²) in [5.41, 5.74) is 2.17. The van der Waals surface area contributed by atoms with Gasteiger partial charge in [0.2, 0.25) is 5.91 Å². The number of nitrogens with one attached hydrogen (secondary N) is 2. The van der Waals surface area contributed by atoms with Crippen LogP contribution in [0.1, 0.15) is 30.1 Å². The Morgan fingerprint density at radius 1 is 1.59 bits per heavy atom. The SMILES string of the molecule is CNCC(=O)NC(c1cc(C)ccn1)C1CC1. The molecule has 1 unspecified atom stereocenters. The molecule has 1 heterocycles. The lowest BCUT2D eigenvalue weighted by atomic mass is 10.1. The first-order valence-corrected chi connectivity index (χ1v) is 6.07. The number of rotatable bonds is 5. The van der Waals surface area contributed by atoms with Crippen LogP contribution in [-0.2, 0) is 4.79 Å². The molecular formula is C13H19N3O. The molecule has 2 N–H and O–H groups in total. The van der Waals surface area contributed by atoms with Crippen LogP contribution in [0.5, 0.6) is 0 Å². The second-order valence-electron chi connectivity index (χ2n) is 4.67. The molecule has 92 valence electrons. The molecule has 1 aromatic heterocycles. The van der Waals surface area contributed by atoms with Crippen molar-refractivity contribution in [1.82, 2.24) is 15.6 Å². The largest absolute Gasteiger partial charge is 0.346 e. The van der Waals surface area contributed by atoms with Gasteiger partial charge in [0.15, 0.2) is 0 Å². The van der Waals surface area contributed by atoms with E-state index in [0.29, 0.717) is 12.5 Å². The van der Waals surface area contributed by atoms with Crippen molar-refractivity contribution in [2.75, 3.05) is 13.6 Å². The molecular weight excluding hydrogens is 214 g/mol. The van der Waals surface area contributed by atoms with Crippen LogP contribution in [0.15, 0.2) is 18.3 Å². The van der Waals surface area contributed by atoms with Gasteiger partial charge in [0.1, 0.15) is 0 Å². The predicted octanol–water partition coefficient (Wildman–Crippen LogP) is 1.18. The van der Waals surface area contributed by atoms with Crippen molar-refractivity contribution in [2.24, 2.45) is 5.92 Å². The standard InChI is InChI=1S/C13H19N3O/c1-9-5-6-15-11(7-9)13(10-3-4-10)16-12(17)8-14-2/h5-7,10,13-14H,3-4,8H2,1-2H3,(H,16,17). The summed E-state index contributed by atoms with van der Waals surface area (Å²) < 4.78 is 0. The van der Waals surface area contributed by atoms with Gasteiger partial charge in [0, 0.05) is 6.20 Å². The van der Waals surface area contributed by atoms with Crippen LogP contribution in [0.2, 0.25) is 0 Å². The molecule has 1 aliphatic rings. The van der Waals surface area contributed by atoms with Gasteiger partial charge in [-0.25, -0.2) is 0 Å². The minimum Gasteiger partial charge on any atom is -0.346 e. The van der Waals surface area contributed by atoms with E-state index in [1.54, 1.807) is 7.05 Å². The number of aromatic nitrogens is 1. The predicted molar refractivity (Wildman–Crippen MR) is 66.5 cm³/mol. The Kier molecular flexibility index (Phi) is 3.74. The second kappa shape index (κ2) is 5.27. The third-order valence-corrected chi connectivity index (χ3v) is 3.00. The molecule has 0 bridgehead atoms. The van der Waals surface area contributed by atoms with Crippen LogP contribution < -0.4 is 10.6 Å². The summed E-state index contributed by atoms with van der Waals surface area (Å²) in [5.74, 6) is 0.595. The number of hydrogen-bond donors (Lipinski definition) is 2. The van der Waals surface area contributed by atoms with E-state index in [1.165, 1.54) is 18.4 Å². The molecule has 1 aliphatic carbocycles. The van der Waals surface area contributed by atoms with Gasteiger partial charge in [0.25, 0.3) is 0 Å². The highest BCUT2D eigenvalue weighted by atomic mass is 16.2. The van der Waals surface area contributed by atoms with E-state index in [1.807, 2.05) is 19.2 Å². The van der Waals surface area contributed by atoms with Gasteiger partial charge in [-0.15, -0.1) is 0 Å². The third kappa shape index (κ3) is 3.27. The third-order valence-electron chi connectivity index (χ3n) is 3.00. The monoisotopic (exact) mass is 233 g/mol. The first-order chi connectivity index (χ1) is 8.20. The lowest BCUT2D eigenvalue weighted by Crippen LogP contribution is -2.36. The number of carbonyl (C=O) groups excluding carboxylic acids is 1. The minimum absolute atomic E-state index is 0.0349. The maximum absolute atomic E-state index is 11.6. The summed E-state index contributed by atoms with van der Waals surface area (Å²) >= 11 is 0. The molecule has 1 fully saturated rings. The number of amides is 1. The lowest BCUT2D eigenvalue weighted by Gasteiger charge is -2.18. The topological polar surface area (TPSA) is 54.0 Å². The highest BCUT2D eigenvalue weighted by Gasteiger charge is 2.34. The Morgan fingerprint density at radius 3 is 2.94 bits per heavy atom. The average Bonchev–Trinajstić information content (AvgIpc) is 3.10. The fraction of sp³-hybridized carbons (Fsp3) is 0.538. The molecule has 4 heteroatoms. The van der Waals surface area contributed by atoms with E-state index in [2.05, 4.69) is 21.7 Å². The molecule has 1 aromatic rings. The average molecular weight is 233 g/mol. The molecule has 1 saturated carbocycles. The van der Waals surface area contributed by atoms with Gasteiger partial charge in [0.05, 0.1) is 18.3 Å². The Labute approximate surface area is 102 Å². The van der Waals surface area contributed by atoms with Gasteiger partial charge >= 0.3 is 0 Å². The zero-order chi connectivity index (χ0) is 12.3. The summed E-state index contributed by atoms with van der Waals surface area (Å²) in [6.45, 7) is 2.40. The zero-order valence-corrected chi connectivity index (χ0v) is 10.4. The molecule has 0 spiro atoms. The number of pyridine rings is 1. The van der Waals surface area contributed by atoms with Gasteiger partial charge in [-0.2, -0.15) is 0 Å². The van der Waals surface area contributed by atoms with E-state index in [-0.39, 0.29) is 11.9 Å². The molecule has 0 radical (unpaired) electrons. The van der Waals surface area contributed by atoms with Crippen LogP contribution in [-0.4, -0.2) is 24.5 Å². The van der Waals surface area contributed by atoms with Crippen LogP contribution in [0.4, 0.5) is 0 Å². The van der Waals surface area contributed by atoms with E-state index in [9.17, 15) is 4.79 Å². The Bertz CT molecular complexity index is 401. The van der Waals surface area contributed by atoms with Crippen molar-refractivity contribution in [2.45, 2.75) is 25.8 Å². The number of nitrogens with zero attached hydrogens (tertiary/aromatic N) is 1.